The van der Waals surface area contributed by atoms with Gasteiger partial charge < -0.3 is 9.47 Å². The number of carbonyl (C=O) groups excluding carboxylic acids is 1. The van der Waals surface area contributed by atoms with Crippen LogP contribution >= 0.6 is 11.3 Å². The lowest BCUT2D eigenvalue weighted by Crippen LogP contribution is -2.39. The lowest BCUT2D eigenvalue weighted by atomic mass is 9.93. The van der Waals surface area contributed by atoms with E-state index in [1.165, 1.54) is 11.3 Å². The Bertz CT molecular complexity index is 1910. The zero-order valence-corrected chi connectivity index (χ0v) is 23.8. The van der Waals surface area contributed by atoms with E-state index >= 15 is 0 Å². The van der Waals surface area contributed by atoms with Crippen LogP contribution in [0, 0.1) is 0 Å². The lowest BCUT2D eigenvalue weighted by molar-refractivity contribution is -0.138. The Kier molecular flexibility index (Phi) is 7.92. The Labute approximate surface area is 247 Å². The molecule has 6 rings (SSSR count). The quantitative estimate of drug-likeness (QED) is 0.230. The smallest absolute Gasteiger partial charge is 0.338 e. The van der Waals surface area contributed by atoms with Gasteiger partial charge in [-0.05, 0) is 41.8 Å². The number of thiazole rings is 1. The summed E-state index contributed by atoms with van der Waals surface area (Å²) in [5.41, 5.74) is 4.17. The zero-order chi connectivity index (χ0) is 28.9. The maximum atomic E-state index is 14.0. The van der Waals surface area contributed by atoms with Gasteiger partial charge in [-0.15, -0.1) is 0 Å². The summed E-state index contributed by atoms with van der Waals surface area (Å²) >= 11 is 1.30. The van der Waals surface area contributed by atoms with Gasteiger partial charge in [0, 0.05) is 5.56 Å². The second kappa shape index (κ2) is 12.2. The largest absolute Gasteiger partial charge is 0.489 e. The summed E-state index contributed by atoms with van der Waals surface area (Å²) in [6.07, 6.45) is 1.85. The molecule has 0 aliphatic carbocycles. The number of rotatable bonds is 8. The van der Waals surface area contributed by atoms with Crippen molar-refractivity contribution in [1.29, 1.82) is 0 Å². The van der Waals surface area contributed by atoms with Crippen LogP contribution in [0.3, 0.4) is 0 Å². The van der Waals surface area contributed by atoms with Gasteiger partial charge in [-0.1, -0.05) is 114 Å². The number of ether oxygens (including phenoxy) is 2. The second-order valence-corrected chi connectivity index (χ2v) is 10.7. The molecule has 0 fully saturated rings. The van der Waals surface area contributed by atoms with Gasteiger partial charge in [0.15, 0.2) is 4.80 Å². The Morgan fingerprint density at radius 3 is 2.19 bits per heavy atom. The molecule has 42 heavy (non-hydrogen) atoms. The van der Waals surface area contributed by atoms with Gasteiger partial charge in [-0.3, -0.25) is 9.36 Å². The van der Waals surface area contributed by atoms with E-state index in [1.807, 2.05) is 121 Å². The molecule has 0 spiro atoms. The first-order chi connectivity index (χ1) is 20.6. The Hall–Kier alpha value is -5.01. The minimum Gasteiger partial charge on any atom is -0.489 e. The lowest BCUT2D eigenvalue weighted by Gasteiger charge is -2.25. The molecule has 2 heterocycles. The molecule has 1 atom stereocenters. The van der Waals surface area contributed by atoms with Crippen LogP contribution in [-0.4, -0.2) is 17.1 Å². The van der Waals surface area contributed by atoms with Gasteiger partial charge in [0.25, 0.3) is 5.56 Å². The molecule has 0 amide bonds. The standard InChI is InChI=1S/C35H28N2O4S/c1-2-40-34(39)30-31(26-14-8-4-9-15-26)36-35-37(32(30)27-16-10-5-11-17-27)33(38)29(42-35)22-24-18-20-28(21-19-24)41-23-25-12-6-3-7-13-25/h3-22,32H,2,23H2,1H3/b29-22-/t32-/m0/s1. The highest BCUT2D eigenvalue weighted by atomic mass is 32.1. The molecule has 1 aromatic heterocycles. The fraction of sp³-hybridized carbons (Fsp3) is 0.114. The molecule has 0 saturated carbocycles. The second-order valence-electron chi connectivity index (χ2n) is 9.69. The highest BCUT2D eigenvalue weighted by Crippen LogP contribution is 2.35. The molecule has 7 heteroatoms. The third-order valence-electron chi connectivity index (χ3n) is 6.92. The van der Waals surface area contributed by atoms with E-state index in [4.69, 9.17) is 14.5 Å². The summed E-state index contributed by atoms with van der Waals surface area (Å²) < 4.78 is 13.6. The number of carbonyl (C=O) groups is 1. The third kappa shape index (κ3) is 5.60. The molecule has 6 nitrogen and oxygen atoms in total. The van der Waals surface area contributed by atoms with Crippen molar-refractivity contribution in [3.63, 3.8) is 0 Å². The maximum absolute atomic E-state index is 14.0. The van der Waals surface area contributed by atoms with Crippen molar-refractivity contribution in [2.75, 3.05) is 6.61 Å². The van der Waals surface area contributed by atoms with E-state index in [9.17, 15) is 9.59 Å². The number of hydrogen-bond acceptors (Lipinski definition) is 6. The minimum absolute atomic E-state index is 0.210. The molecule has 0 unspecified atom stereocenters. The van der Waals surface area contributed by atoms with Gasteiger partial charge in [0.1, 0.15) is 12.4 Å². The van der Waals surface area contributed by atoms with Gasteiger partial charge in [0.05, 0.1) is 28.5 Å². The summed E-state index contributed by atoms with van der Waals surface area (Å²) in [6.45, 7) is 2.46. The first kappa shape index (κ1) is 27.2. The summed E-state index contributed by atoms with van der Waals surface area (Å²) in [5.74, 6) is 0.252. The molecule has 0 N–H and O–H groups in total. The van der Waals surface area contributed by atoms with Crippen LogP contribution in [0.25, 0.3) is 11.8 Å². The van der Waals surface area contributed by atoms with E-state index in [0.29, 0.717) is 27.2 Å². The molecule has 0 bridgehead atoms. The Balaban J connectivity index is 1.44. The van der Waals surface area contributed by atoms with Crippen LogP contribution in [0.5, 0.6) is 5.75 Å². The van der Waals surface area contributed by atoms with Crippen molar-refractivity contribution in [2.24, 2.45) is 4.99 Å². The van der Waals surface area contributed by atoms with Crippen LogP contribution in [-0.2, 0) is 16.1 Å². The maximum Gasteiger partial charge on any atom is 0.338 e. The van der Waals surface area contributed by atoms with Crippen molar-refractivity contribution in [1.82, 2.24) is 4.57 Å². The summed E-state index contributed by atoms with van der Waals surface area (Å²) in [5, 5.41) is 0. The fourth-order valence-electron chi connectivity index (χ4n) is 4.94. The normalized spacial score (nSPS) is 14.7. The number of nitrogens with zero attached hydrogens (tertiary/aromatic N) is 2. The molecule has 1 aliphatic rings. The SMILES string of the molecule is CCOC(=O)C1=C(c2ccccc2)N=c2s/c(=C\c3ccc(OCc4ccccc4)cc3)c(=O)n2[C@H]1c1ccccc1. The number of esters is 1. The Morgan fingerprint density at radius 2 is 1.52 bits per heavy atom. The van der Waals surface area contributed by atoms with Crippen LogP contribution in [0.2, 0.25) is 0 Å². The number of hydrogen-bond donors (Lipinski definition) is 0. The highest BCUT2D eigenvalue weighted by Gasteiger charge is 2.35. The van der Waals surface area contributed by atoms with Crippen molar-refractivity contribution in [3.05, 3.63) is 163 Å². The average molecular weight is 573 g/mol. The highest BCUT2D eigenvalue weighted by molar-refractivity contribution is 7.07. The summed E-state index contributed by atoms with van der Waals surface area (Å²) in [4.78, 5) is 32.9. The summed E-state index contributed by atoms with van der Waals surface area (Å²) in [7, 11) is 0. The van der Waals surface area contributed by atoms with E-state index in [0.717, 1.165) is 28.0 Å². The number of fused-ring (bicyclic) bond motifs is 1. The van der Waals surface area contributed by atoms with Crippen molar-refractivity contribution < 1.29 is 14.3 Å². The van der Waals surface area contributed by atoms with Crippen LogP contribution in [0.15, 0.2) is 131 Å². The minimum atomic E-state index is -0.687. The first-order valence-corrected chi connectivity index (χ1v) is 14.5. The van der Waals surface area contributed by atoms with Gasteiger partial charge in [-0.2, -0.15) is 0 Å². The van der Waals surface area contributed by atoms with Gasteiger partial charge in [-0.25, -0.2) is 9.79 Å². The topological polar surface area (TPSA) is 69.9 Å². The molecule has 0 saturated heterocycles. The van der Waals surface area contributed by atoms with E-state index in [-0.39, 0.29) is 12.2 Å². The third-order valence-corrected chi connectivity index (χ3v) is 7.90. The average Bonchev–Trinajstić information content (AvgIpc) is 3.35. The number of benzene rings is 4. The molecule has 5 aromatic rings. The molecular formula is C35H28N2O4S. The van der Waals surface area contributed by atoms with Crippen molar-refractivity contribution in [2.45, 2.75) is 19.6 Å². The molecule has 1 aliphatic heterocycles. The Morgan fingerprint density at radius 1 is 0.881 bits per heavy atom. The van der Waals surface area contributed by atoms with E-state index in [2.05, 4.69) is 0 Å². The predicted octanol–water partition coefficient (Wildman–Crippen LogP) is 5.51. The van der Waals surface area contributed by atoms with Crippen LogP contribution in [0.4, 0.5) is 0 Å². The zero-order valence-electron chi connectivity index (χ0n) is 23.0. The molecule has 208 valence electrons. The van der Waals surface area contributed by atoms with E-state index in [1.54, 1.807) is 11.5 Å². The summed E-state index contributed by atoms with van der Waals surface area (Å²) in [6, 6.07) is 36.0. The van der Waals surface area contributed by atoms with Crippen molar-refractivity contribution in [3.8, 4) is 5.75 Å². The van der Waals surface area contributed by atoms with Gasteiger partial charge in [0.2, 0.25) is 0 Å². The molecule has 0 radical (unpaired) electrons. The first-order valence-electron chi connectivity index (χ1n) is 13.7. The molecule has 4 aromatic carbocycles. The predicted molar refractivity (Wildman–Crippen MR) is 165 cm³/mol. The van der Waals surface area contributed by atoms with Crippen LogP contribution < -0.4 is 19.6 Å². The van der Waals surface area contributed by atoms with Gasteiger partial charge >= 0.3 is 5.97 Å². The fourth-order valence-corrected chi connectivity index (χ4v) is 5.94. The van der Waals surface area contributed by atoms with Crippen LogP contribution in [0.1, 0.15) is 35.2 Å². The molecular weight excluding hydrogens is 544 g/mol. The van der Waals surface area contributed by atoms with E-state index < -0.39 is 12.0 Å². The van der Waals surface area contributed by atoms with Crippen molar-refractivity contribution >= 4 is 29.1 Å². The number of aromatic nitrogens is 1. The monoisotopic (exact) mass is 572 g/mol.